The fourth-order valence-electron chi connectivity index (χ4n) is 2.37. The summed E-state index contributed by atoms with van der Waals surface area (Å²) in [6, 6.07) is 11.5. The number of hydrogen-bond donors (Lipinski definition) is 1. The largest absolute Gasteiger partial charge is 0.483 e. The number of rotatable bonds is 6. The molecule has 0 unspecified atom stereocenters. The molecule has 5 nitrogen and oxygen atoms in total. The second kappa shape index (κ2) is 7.90. The van der Waals surface area contributed by atoms with Crippen LogP contribution in [0.5, 0.6) is 5.75 Å². The zero-order valence-electron chi connectivity index (χ0n) is 14.1. The number of ether oxygens (including phenoxy) is 1. The first-order valence-corrected chi connectivity index (χ1v) is 8.89. The van der Waals surface area contributed by atoms with Crippen LogP contribution in [0.25, 0.3) is 11.3 Å². The SMILES string of the molecule is CC(C)c1ccccc1OCC(=O)Nc1nc(-c2ccncc2)cs1. The molecule has 0 radical (unpaired) electrons. The van der Waals surface area contributed by atoms with Crippen molar-refractivity contribution < 1.29 is 9.53 Å². The Bertz CT molecular complexity index is 847. The number of benzene rings is 1. The number of nitrogens with zero attached hydrogens (tertiary/aromatic N) is 2. The smallest absolute Gasteiger partial charge is 0.264 e. The normalized spacial score (nSPS) is 10.7. The summed E-state index contributed by atoms with van der Waals surface area (Å²) in [5.74, 6) is 0.847. The first-order chi connectivity index (χ1) is 12.1. The molecule has 128 valence electrons. The molecule has 6 heteroatoms. The van der Waals surface area contributed by atoms with E-state index in [0.717, 1.165) is 22.6 Å². The number of nitrogens with one attached hydrogen (secondary N) is 1. The van der Waals surface area contributed by atoms with Gasteiger partial charge in [0.1, 0.15) is 5.75 Å². The number of hydrogen-bond acceptors (Lipinski definition) is 5. The lowest BCUT2D eigenvalue weighted by Crippen LogP contribution is -2.20. The molecule has 0 fully saturated rings. The molecule has 0 atom stereocenters. The van der Waals surface area contributed by atoms with Crippen molar-refractivity contribution in [2.24, 2.45) is 0 Å². The molecule has 0 aliphatic carbocycles. The van der Waals surface area contributed by atoms with Gasteiger partial charge < -0.3 is 4.74 Å². The summed E-state index contributed by atoms with van der Waals surface area (Å²) in [6.45, 7) is 4.14. The average molecular weight is 353 g/mol. The van der Waals surface area contributed by atoms with E-state index in [4.69, 9.17) is 4.74 Å². The van der Waals surface area contributed by atoms with Gasteiger partial charge in [0.15, 0.2) is 11.7 Å². The molecule has 3 rings (SSSR count). The molecule has 1 N–H and O–H groups in total. The number of carbonyl (C=O) groups excluding carboxylic acids is 1. The molecular formula is C19H19N3O2S. The molecular weight excluding hydrogens is 334 g/mol. The molecule has 1 aromatic carbocycles. The Morgan fingerprint density at radius 1 is 1.20 bits per heavy atom. The Labute approximate surface area is 150 Å². The van der Waals surface area contributed by atoms with Crippen molar-refractivity contribution in [1.82, 2.24) is 9.97 Å². The number of thiazole rings is 1. The molecule has 0 saturated heterocycles. The Balaban J connectivity index is 1.60. The number of pyridine rings is 1. The second-order valence-electron chi connectivity index (χ2n) is 5.80. The van der Waals surface area contributed by atoms with E-state index >= 15 is 0 Å². The van der Waals surface area contributed by atoms with E-state index in [1.165, 1.54) is 11.3 Å². The van der Waals surface area contributed by atoms with Crippen LogP contribution in [0.4, 0.5) is 5.13 Å². The summed E-state index contributed by atoms with van der Waals surface area (Å²) >= 11 is 1.38. The van der Waals surface area contributed by atoms with Gasteiger partial charge in [-0.25, -0.2) is 4.98 Å². The standard InChI is InChI=1S/C19H19N3O2S/c1-13(2)15-5-3-4-6-17(15)24-11-18(23)22-19-21-16(12-25-19)14-7-9-20-10-8-14/h3-10,12-13H,11H2,1-2H3,(H,21,22,23). The highest BCUT2D eigenvalue weighted by Gasteiger charge is 2.11. The Hall–Kier alpha value is -2.73. The molecule has 25 heavy (non-hydrogen) atoms. The van der Waals surface area contributed by atoms with Crippen LogP contribution in [0.2, 0.25) is 0 Å². The van der Waals surface area contributed by atoms with Crippen molar-refractivity contribution >= 4 is 22.4 Å². The predicted octanol–water partition coefficient (Wildman–Crippen LogP) is 4.35. The maximum absolute atomic E-state index is 12.1. The van der Waals surface area contributed by atoms with E-state index in [-0.39, 0.29) is 12.5 Å². The summed E-state index contributed by atoms with van der Waals surface area (Å²) < 4.78 is 5.68. The van der Waals surface area contributed by atoms with Gasteiger partial charge in [-0.2, -0.15) is 0 Å². The predicted molar refractivity (Wildman–Crippen MR) is 100 cm³/mol. The van der Waals surface area contributed by atoms with Crippen molar-refractivity contribution in [3.63, 3.8) is 0 Å². The van der Waals surface area contributed by atoms with Gasteiger partial charge >= 0.3 is 0 Å². The maximum Gasteiger partial charge on any atom is 0.264 e. The molecule has 1 amide bonds. The number of anilines is 1. The van der Waals surface area contributed by atoms with E-state index in [0.29, 0.717) is 11.0 Å². The highest BCUT2D eigenvalue weighted by Crippen LogP contribution is 2.26. The van der Waals surface area contributed by atoms with Gasteiger partial charge in [0, 0.05) is 23.3 Å². The molecule has 2 heterocycles. The number of aromatic nitrogens is 2. The van der Waals surface area contributed by atoms with Crippen molar-refractivity contribution in [2.75, 3.05) is 11.9 Å². The minimum atomic E-state index is -0.228. The lowest BCUT2D eigenvalue weighted by atomic mass is 10.0. The zero-order valence-corrected chi connectivity index (χ0v) is 14.9. The number of amides is 1. The minimum Gasteiger partial charge on any atom is -0.483 e. The highest BCUT2D eigenvalue weighted by atomic mass is 32.1. The molecule has 3 aromatic rings. The van der Waals surface area contributed by atoms with Crippen molar-refractivity contribution in [3.8, 4) is 17.0 Å². The fraction of sp³-hybridized carbons (Fsp3) is 0.211. The van der Waals surface area contributed by atoms with Gasteiger partial charge in [0.25, 0.3) is 5.91 Å². The average Bonchev–Trinajstić information content (AvgIpc) is 3.09. The fourth-order valence-corrected chi connectivity index (χ4v) is 3.11. The van der Waals surface area contributed by atoms with Crippen LogP contribution in [0.1, 0.15) is 25.3 Å². The van der Waals surface area contributed by atoms with Gasteiger partial charge in [-0.15, -0.1) is 11.3 Å². The quantitative estimate of drug-likeness (QED) is 0.716. The summed E-state index contributed by atoms with van der Waals surface area (Å²) in [5.41, 5.74) is 2.87. The Morgan fingerprint density at radius 2 is 1.96 bits per heavy atom. The summed E-state index contributed by atoms with van der Waals surface area (Å²) in [7, 11) is 0. The van der Waals surface area contributed by atoms with Crippen molar-refractivity contribution in [1.29, 1.82) is 0 Å². The van der Waals surface area contributed by atoms with Gasteiger partial charge in [-0.05, 0) is 29.7 Å². The van der Waals surface area contributed by atoms with Crippen LogP contribution in [-0.4, -0.2) is 22.5 Å². The minimum absolute atomic E-state index is 0.0477. The third-order valence-electron chi connectivity index (χ3n) is 3.63. The lowest BCUT2D eigenvalue weighted by molar-refractivity contribution is -0.118. The summed E-state index contributed by atoms with van der Waals surface area (Å²) in [4.78, 5) is 20.5. The van der Waals surface area contributed by atoms with Gasteiger partial charge in [-0.3, -0.25) is 15.1 Å². The van der Waals surface area contributed by atoms with Crippen LogP contribution in [0, 0.1) is 0 Å². The molecule has 2 aromatic heterocycles. The van der Waals surface area contributed by atoms with Gasteiger partial charge in [0.05, 0.1) is 5.69 Å². The molecule has 0 saturated carbocycles. The molecule has 0 spiro atoms. The summed E-state index contributed by atoms with van der Waals surface area (Å²) in [6.07, 6.45) is 3.43. The van der Waals surface area contributed by atoms with Crippen LogP contribution in [-0.2, 0) is 4.79 Å². The lowest BCUT2D eigenvalue weighted by Gasteiger charge is -2.13. The third-order valence-corrected chi connectivity index (χ3v) is 4.38. The Morgan fingerprint density at radius 3 is 2.72 bits per heavy atom. The van der Waals surface area contributed by atoms with Crippen LogP contribution >= 0.6 is 11.3 Å². The summed E-state index contributed by atoms with van der Waals surface area (Å²) in [5, 5.41) is 5.23. The number of para-hydroxylation sites is 1. The van der Waals surface area contributed by atoms with Crippen LogP contribution in [0.3, 0.4) is 0 Å². The highest BCUT2D eigenvalue weighted by molar-refractivity contribution is 7.14. The Kier molecular flexibility index (Phi) is 5.40. The third kappa shape index (κ3) is 4.42. The molecule has 0 aliphatic rings. The van der Waals surface area contributed by atoms with E-state index < -0.39 is 0 Å². The molecule has 0 aliphatic heterocycles. The van der Waals surface area contributed by atoms with Gasteiger partial charge in [-0.1, -0.05) is 32.0 Å². The van der Waals surface area contributed by atoms with E-state index in [9.17, 15) is 4.79 Å². The van der Waals surface area contributed by atoms with Gasteiger partial charge in [0.2, 0.25) is 0 Å². The van der Waals surface area contributed by atoms with Crippen LogP contribution < -0.4 is 10.1 Å². The maximum atomic E-state index is 12.1. The molecule has 0 bridgehead atoms. The zero-order chi connectivity index (χ0) is 17.6. The first kappa shape index (κ1) is 17.1. The van der Waals surface area contributed by atoms with Crippen molar-refractivity contribution in [2.45, 2.75) is 19.8 Å². The van der Waals surface area contributed by atoms with Crippen molar-refractivity contribution in [3.05, 3.63) is 59.7 Å². The van der Waals surface area contributed by atoms with Crippen LogP contribution in [0.15, 0.2) is 54.2 Å². The monoisotopic (exact) mass is 353 g/mol. The van der Waals surface area contributed by atoms with E-state index in [2.05, 4.69) is 29.1 Å². The number of carbonyl (C=O) groups is 1. The topological polar surface area (TPSA) is 64.1 Å². The van der Waals surface area contributed by atoms with E-state index in [1.54, 1.807) is 12.4 Å². The first-order valence-electron chi connectivity index (χ1n) is 8.01. The van der Waals surface area contributed by atoms with E-state index in [1.807, 2.05) is 41.8 Å². The second-order valence-corrected chi connectivity index (χ2v) is 6.66.